The van der Waals surface area contributed by atoms with Crippen LogP contribution in [0.15, 0.2) is 78.9 Å². The van der Waals surface area contributed by atoms with Crippen molar-refractivity contribution >= 4 is 29.0 Å². The summed E-state index contributed by atoms with van der Waals surface area (Å²) in [5, 5.41) is 3.37. The summed E-state index contributed by atoms with van der Waals surface area (Å²) in [6.07, 6.45) is 0. The predicted molar refractivity (Wildman–Crippen MR) is 102 cm³/mol. The lowest BCUT2D eigenvalue weighted by Crippen LogP contribution is -2.16. The van der Waals surface area contributed by atoms with E-state index in [1.807, 2.05) is 18.2 Å². The van der Waals surface area contributed by atoms with Crippen molar-refractivity contribution in [3.63, 3.8) is 0 Å². The minimum absolute atomic E-state index is 0.169. The summed E-state index contributed by atoms with van der Waals surface area (Å²) in [4.78, 5) is 24.7. The van der Waals surface area contributed by atoms with Crippen LogP contribution in [0.5, 0.6) is 5.75 Å². The summed E-state index contributed by atoms with van der Waals surface area (Å²) in [5.41, 5.74) is 1.55. The van der Waals surface area contributed by atoms with E-state index in [1.54, 1.807) is 60.7 Å². The first kappa shape index (κ1) is 17.7. The van der Waals surface area contributed by atoms with Gasteiger partial charge in [-0.15, -0.1) is 0 Å². The van der Waals surface area contributed by atoms with Crippen LogP contribution in [0.4, 0.5) is 5.69 Å². The molecule has 1 N–H and O–H groups in total. The Morgan fingerprint density at radius 2 is 1.50 bits per heavy atom. The standard InChI is InChI=1S/C21H16ClNO3/c22-16-12-10-15(11-13-16)19(24)14-26-20-9-5-4-8-18(20)21(25)23-17-6-2-1-3-7-17/h1-13H,14H2,(H,23,25). The fourth-order valence-electron chi connectivity index (χ4n) is 2.36. The van der Waals surface area contributed by atoms with Gasteiger partial charge in [-0.05, 0) is 48.5 Å². The first-order chi connectivity index (χ1) is 12.6. The maximum atomic E-state index is 12.5. The van der Waals surface area contributed by atoms with E-state index in [9.17, 15) is 9.59 Å². The van der Waals surface area contributed by atoms with Gasteiger partial charge in [-0.1, -0.05) is 41.9 Å². The van der Waals surface area contributed by atoms with Gasteiger partial charge in [0, 0.05) is 16.3 Å². The van der Waals surface area contributed by atoms with Crippen molar-refractivity contribution in [1.82, 2.24) is 0 Å². The lowest BCUT2D eigenvalue weighted by atomic mass is 10.1. The van der Waals surface area contributed by atoms with Crippen molar-refractivity contribution in [2.75, 3.05) is 11.9 Å². The number of hydrogen-bond donors (Lipinski definition) is 1. The zero-order chi connectivity index (χ0) is 18.4. The molecular weight excluding hydrogens is 350 g/mol. The molecule has 3 aromatic rings. The zero-order valence-electron chi connectivity index (χ0n) is 13.8. The van der Waals surface area contributed by atoms with Gasteiger partial charge in [0.25, 0.3) is 5.91 Å². The van der Waals surface area contributed by atoms with Gasteiger partial charge in [0.1, 0.15) is 5.75 Å². The molecule has 0 aliphatic carbocycles. The molecule has 0 saturated carbocycles. The number of nitrogens with one attached hydrogen (secondary N) is 1. The van der Waals surface area contributed by atoms with Gasteiger partial charge in [-0.25, -0.2) is 0 Å². The second kappa shape index (κ2) is 8.32. The van der Waals surface area contributed by atoms with Crippen molar-refractivity contribution in [2.45, 2.75) is 0 Å². The molecule has 0 aliphatic heterocycles. The summed E-state index contributed by atoms with van der Waals surface area (Å²) in [7, 11) is 0. The van der Waals surface area contributed by atoms with Gasteiger partial charge < -0.3 is 10.1 Å². The molecule has 3 rings (SSSR count). The number of Topliss-reactive ketones (excluding diaryl/α,β-unsaturated/α-hetero) is 1. The smallest absolute Gasteiger partial charge is 0.259 e. The highest BCUT2D eigenvalue weighted by molar-refractivity contribution is 6.30. The molecule has 1 amide bonds. The Morgan fingerprint density at radius 1 is 0.846 bits per heavy atom. The van der Waals surface area contributed by atoms with Crippen LogP contribution in [0.1, 0.15) is 20.7 Å². The third-order valence-corrected chi connectivity index (χ3v) is 3.94. The zero-order valence-corrected chi connectivity index (χ0v) is 14.6. The van der Waals surface area contributed by atoms with Crippen LogP contribution in [0, 0.1) is 0 Å². The monoisotopic (exact) mass is 365 g/mol. The van der Waals surface area contributed by atoms with Gasteiger partial charge in [0.05, 0.1) is 5.56 Å². The number of amides is 1. The number of hydrogen-bond acceptors (Lipinski definition) is 3. The number of para-hydroxylation sites is 2. The van der Waals surface area contributed by atoms with E-state index in [1.165, 1.54) is 0 Å². The number of carbonyl (C=O) groups is 2. The molecule has 0 atom stereocenters. The van der Waals surface area contributed by atoms with E-state index in [0.717, 1.165) is 0 Å². The van der Waals surface area contributed by atoms with E-state index in [2.05, 4.69) is 5.32 Å². The van der Waals surface area contributed by atoms with Gasteiger partial charge in [-0.2, -0.15) is 0 Å². The molecule has 0 radical (unpaired) electrons. The Morgan fingerprint density at radius 3 is 2.23 bits per heavy atom. The van der Waals surface area contributed by atoms with Gasteiger partial charge in [-0.3, -0.25) is 9.59 Å². The van der Waals surface area contributed by atoms with E-state index in [-0.39, 0.29) is 18.3 Å². The molecule has 130 valence electrons. The molecule has 0 aromatic heterocycles. The normalized spacial score (nSPS) is 10.2. The molecule has 0 fully saturated rings. The van der Waals surface area contributed by atoms with Crippen molar-refractivity contribution in [3.8, 4) is 5.75 Å². The lowest BCUT2D eigenvalue weighted by Gasteiger charge is -2.11. The molecule has 0 saturated heterocycles. The third kappa shape index (κ3) is 4.49. The predicted octanol–water partition coefficient (Wildman–Crippen LogP) is 4.85. The fraction of sp³-hybridized carbons (Fsp3) is 0.0476. The topological polar surface area (TPSA) is 55.4 Å². The Bertz CT molecular complexity index is 908. The Balaban J connectivity index is 1.70. The molecule has 0 unspecified atom stereocenters. The maximum Gasteiger partial charge on any atom is 0.259 e. The highest BCUT2D eigenvalue weighted by atomic mass is 35.5. The summed E-state index contributed by atoms with van der Waals surface area (Å²) in [5.74, 6) is -0.145. The Labute approximate surface area is 156 Å². The van der Waals surface area contributed by atoms with Crippen LogP contribution in [-0.4, -0.2) is 18.3 Å². The number of halogens is 1. The highest BCUT2D eigenvalue weighted by Gasteiger charge is 2.14. The minimum atomic E-state index is -0.300. The minimum Gasteiger partial charge on any atom is -0.485 e. The van der Waals surface area contributed by atoms with Crippen molar-refractivity contribution in [2.24, 2.45) is 0 Å². The van der Waals surface area contributed by atoms with Crippen molar-refractivity contribution < 1.29 is 14.3 Å². The first-order valence-corrected chi connectivity index (χ1v) is 8.38. The second-order valence-corrected chi connectivity index (χ2v) is 5.97. The second-order valence-electron chi connectivity index (χ2n) is 5.54. The number of benzene rings is 3. The number of ether oxygens (including phenoxy) is 1. The SMILES string of the molecule is O=C(COc1ccccc1C(=O)Nc1ccccc1)c1ccc(Cl)cc1. The largest absolute Gasteiger partial charge is 0.485 e. The van der Waals surface area contributed by atoms with Gasteiger partial charge in [0.2, 0.25) is 0 Å². The summed E-state index contributed by atoms with van der Waals surface area (Å²) >= 11 is 5.82. The van der Waals surface area contributed by atoms with E-state index < -0.39 is 0 Å². The molecule has 5 heteroatoms. The number of carbonyl (C=O) groups excluding carboxylic acids is 2. The van der Waals surface area contributed by atoms with Crippen LogP contribution in [0.25, 0.3) is 0 Å². The van der Waals surface area contributed by atoms with Gasteiger partial charge in [0.15, 0.2) is 12.4 Å². The molecular formula is C21H16ClNO3. The first-order valence-electron chi connectivity index (χ1n) is 8.00. The van der Waals surface area contributed by atoms with E-state index in [4.69, 9.17) is 16.3 Å². The summed E-state index contributed by atoms with van der Waals surface area (Å²) in [6.45, 7) is -0.169. The molecule has 0 bridgehead atoms. The Kier molecular flexibility index (Phi) is 5.66. The molecule has 0 aliphatic rings. The molecule has 0 heterocycles. The number of ketones is 1. The van der Waals surface area contributed by atoms with E-state index >= 15 is 0 Å². The van der Waals surface area contributed by atoms with Gasteiger partial charge >= 0.3 is 0 Å². The average Bonchev–Trinajstić information content (AvgIpc) is 2.67. The summed E-state index contributed by atoms with van der Waals surface area (Å²) < 4.78 is 5.60. The van der Waals surface area contributed by atoms with Crippen molar-refractivity contribution in [1.29, 1.82) is 0 Å². The van der Waals surface area contributed by atoms with Crippen molar-refractivity contribution in [3.05, 3.63) is 95.0 Å². The van der Waals surface area contributed by atoms with Crippen LogP contribution >= 0.6 is 11.6 Å². The molecule has 3 aromatic carbocycles. The molecule has 26 heavy (non-hydrogen) atoms. The van der Waals surface area contributed by atoms with E-state index in [0.29, 0.717) is 27.6 Å². The summed E-state index contributed by atoms with van der Waals surface area (Å²) in [6, 6.07) is 22.5. The molecule has 0 spiro atoms. The lowest BCUT2D eigenvalue weighted by molar-refractivity contribution is 0.0914. The van der Waals surface area contributed by atoms with Crippen LogP contribution < -0.4 is 10.1 Å². The molecule has 4 nitrogen and oxygen atoms in total. The van der Waals surface area contributed by atoms with Crippen LogP contribution in [-0.2, 0) is 0 Å². The quantitative estimate of drug-likeness (QED) is 0.635. The highest BCUT2D eigenvalue weighted by Crippen LogP contribution is 2.20. The number of anilines is 1. The Hall–Kier alpha value is -3.11. The van der Waals surface area contributed by atoms with Crippen LogP contribution in [0.2, 0.25) is 5.02 Å². The maximum absolute atomic E-state index is 12.5. The van der Waals surface area contributed by atoms with Crippen LogP contribution in [0.3, 0.4) is 0 Å². The fourth-order valence-corrected chi connectivity index (χ4v) is 2.49. The average molecular weight is 366 g/mol. The number of rotatable bonds is 6. The third-order valence-electron chi connectivity index (χ3n) is 3.69.